The summed E-state index contributed by atoms with van der Waals surface area (Å²) in [5.74, 6) is 0. The molecule has 5 nitrogen and oxygen atoms in total. The minimum absolute atomic E-state index is 0.130. The minimum Gasteiger partial charge on any atom is -0.258 e. The van der Waals surface area contributed by atoms with E-state index in [4.69, 9.17) is 5.26 Å². The highest BCUT2D eigenvalue weighted by atomic mass is 19.4. The van der Waals surface area contributed by atoms with Crippen LogP contribution in [0, 0.1) is 21.4 Å². The van der Waals surface area contributed by atoms with Crippen molar-refractivity contribution >= 4 is 5.69 Å². The molecule has 0 saturated carbocycles. The van der Waals surface area contributed by atoms with Gasteiger partial charge in [-0.2, -0.15) is 18.4 Å². The van der Waals surface area contributed by atoms with E-state index in [0.717, 1.165) is 24.4 Å². The molecule has 0 radical (unpaired) electrons. The second-order valence-electron chi connectivity index (χ2n) is 4.04. The van der Waals surface area contributed by atoms with Crippen LogP contribution in [0.2, 0.25) is 0 Å². The number of rotatable bonds is 2. The van der Waals surface area contributed by atoms with Gasteiger partial charge in [0.05, 0.1) is 10.5 Å². The highest BCUT2D eigenvalue weighted by Gasteiger charge is 2.30. The normalized spacial score (nSPS) is 11.0. The van der Waals surface area contributed by atoms with Gasteiger partial charge in [-0.1, -0.05) is 12.1 Å². The Morgan fingerprint density at radius 3 is 2.52 bits per heavy atom. The van der Waals surface area contributed by atoms with Crippen LogP contribution in [-0.4, -0.2) is 9.91 Å². The van der Waals surface area contributed by atoms with Crippen LogP contribution in [0.25, 0.3) is 11.1 Å². The molecule has 2 aromatic rings. The molecule has 0 aliphatic heterocycles. The number of benzene rings is 1. The molecule has 0 atom stereocenters. The summed E-state index contributed by atoms with van der Waals surface area (Å²) in [6, 6.07) is 6.93. The first-order valence-corrected chi connectivity index (χ1v) is 5.55. The van der Waals surface area contributed by atoms with Crippen LogP contribution < -0.4 is 0 Å². The lowest BCUT2D eigenvalue weighted by Crippen LogP contribution is -2.04. The zero-order valence-electron chi connectivity index (χ0n) is 10.3. The molecular weight excluding hydrogens is 287 g/mol. The molecule has 0 aliphatic rings. The number of nitriles is 1. The number of alkyl halides is 3. The van der Waals surface area contributed by atoms with Crippen molar-refractivity contribution in [1.29, 1.82) is 5.26 Å². The molecule has 2 rings (SSSR count). The molecule has 0 unspecified atom stereocenters. The maximum Gasteiger partial charge on any atom is 0.416 e. The second-order valence-corrected chi connectivity index (χ2v) is 4.04. The van der Waals surface area contributed by atoms with Gasteiger partial charge in [0, 0.05) is 17.8 Å². The summed E-state index contributed by atoms with van der Waals surface area (Å²) in [6.07, 6.45) is -3.39. The fraction of sp³-hybridized carbons (Fsp3) is 0.0769. The SMILES string of the molecule is N#Cc1ncc(-c2cccc(C(F)(F)F)c2)cc1[N+](=O)[O-]. The number of nitrogens with zero attached hydrogens (tertiary/aromatic N) is 3. The van der Waals surface area contributed by atoms with E-state index in [1.807, 2.05) is 0 Å². The molecule has 0 aliphatic carbocycles. The van der Waals surface area contributed by atoms with Crippen molar-refractivity contribution in [2.24, 2.45) is 0 Å². The standard InChI is InChI=1S/C13H6F3N3O2/c14-13(15,16)10-3-1-2-8(4-10)9-5-12(19(20)21)11(6-17)18-7-9/h1-5,7H. The first kappa shape index (κ1) is 14.5. The number of halogens is 3. The average molecular weight is 293 g/mol. The van der Waals surface area contributed by atoms with Gasteiger partial charge in [-0.15, -0.1) is 0 Å². The fourth-order valence-electron chi connectivity index (χ4n) is 1.71. The lowest BCUT2D eigenvalue weighted by molar-refractivity contribution is -0.385. The second kappa shape index (κ2) is 5.20. The molecule has 106 valence electrons. The van der Waals surface area contributed by atoms with Gasteiger partial charge in [0.2, 0.25) is 5.69 Å². The smallest absolute Gasteiger partial charge is 0.258 e. The quantitative estimate of drug-likeness (QED) is 0.626. The molecule has 1 aromatic heterocycles. The van der Waals surface area contributed by atoms with Gasteiger partial charge in [0.25, 0.3) is 0 Å². The maximum atomic E-state index is 12.6. The van der Waals surface area contributed by atoms with Gasteiger partial charge in [-0.3, -0.25) is 10.1 Å². The molecule has 1 aromatic carbocycles. The van der Waals surface area contributed by atoms with Crippen LogP contribution in [-0.2, 0) is 6.18 Å². The maximum absolute atomic E-state index is 12.6. The van der Waals surface area contributed by atoms with Crippen molar-refractivity contribution in [3.8, 4) is 17.2 Å². The lowest BCUT2D eigenvalue weighted by Gasteiger charge is -2.08. The lowest BCUT2D eigenvalue weighted by atomic mass is 10.0. The Morgan fingerprint density at radius 2 is 1.95 bits per heavy atom. The zero-order chi connectivity index (χ0) is 15.6. The van der Waals surface area contributed by atoms with E-state index < -0.39 is 28.0 Å². The topological polar surface area (TPSA) is 79.8 Å². The average Bonchev–Trinajstić information content (AvgIpc) is 2.45. The molecule has 0 saturated heterocycles. The number of hydrogen-bond acceptors (Lipinski definition) is 4. The Hall–Kier alpha value is -2.95. The van der Waals surface area contributed by atoms with Crippen molar-refractivity contribution in [1.82, 2.24) is 4.98 Å². The van der Waals surface area contributed by atoms with Gasteiger partial charge in [0.1, 0.15) is 6.07 Å². The Morgan fingerprint density at radius 1 is 1.24 bits per heavy atom. The van der Waals surface area contributed by atoms with Gasteiger partial charge in [0.15, 0.2) is 0 Å². The van der Waals surface area contributed by atoms with Crippen LogP contribution >= 0.6 is 0 Å². The zero-order valence-corrected chi connectivity index (χ0v) is 10.3. The van der Waals surface area contributed by atoms with Crippen molar-refractivity contribution in [2.75, 3.05) is 0 Å². The number of pyridine rings is 1. The summed E-state index contributed by atoms with van der Waals surface area (Å²) >= 11 is 0. The van der Waals surface area contributed by atoms with Crippen LogP contribution in [0.5, 0.6) is 0 Å². The van der Waals surface area contributed by atoms with E-state index in [1.165, 1.54) is 12.1 Å². The van der Waals surface area contributed by atoms with Crippen LogP contribution in [0.15, 0.2) is 36.5 Å². The summed E-state index contributed by atoms with van der Waals surface area (Å²) < 4.78 is 37.9. The van der Waals surface area contributed by atoms with Crippen LogP contribution in [0.4, 0.5) is 18.9 Å². The Labute approximate surface area is 116 Å². The molecule has 0 bridgehead atoms. The summed E-state index contributed by atoms with van der Waals surface area (Å²) in [7, 11) is 0. The van der Waals surface area contributed by atoms with E-state index in [9.17, 15) is 23.3 Å². The number of hydrogen-bond donors (Lipinski definition) is 0. The molecule has 0 spiro atoms. The molecule has 0 N–H and O–H groups in total. The molecule has 8 heteroatoms. The van der Waals surface area contributed by atoms with Gasteiger partial charge >= 0.3 is 11.9 Å². The van der Waals surface area contributed by atoms with E-state index in [-0.39, 0.29) is 11.1 Å². The third-order valence-corrected chi connectivity index (χ3v) is 2.69. The van der Waals surface area contributed by atoms with Crippen molar-refractivity contribution in [3.63, 3.8) is 0 Å². The number of aromatic nitrogens is 1. The third kappa shape index (κ3) is 2.97. The van der Waals surface area contributed by atoms with Crippen molar-refractivity contribution in [2.45, 2.75) is 6.18 Å². The summed E-state index contributed by atoms with van der Waals surface area (Å²) in [6.45, 7) is 0. The molecule has 21 heavy (non-hydrogen) atoms. The summed E-state index contributed by atoms with van der Waals surface area (Å²) in [4.78, 5) is 13.6. The largest absolute Gasteiger partial charge is 0.416 e. The highest BCUT2D eigenvalue weighted by Crippen LogP contribution is 2.33. The van der Waals surface area contributed by atoms with Gasteiger partial charge in [-0.25, -0.2) is 4.98 Å². The first-order valence-electron chi connectivity index (χ1n) is 5.55. The van der Waals surface area contributed by atoms with Crippen LogP contribution in [0.1, 0.15) is 11.3 Å². The first-order chi connectivity index (χ1) is 9.82. The van der Waals surface area contributed by atoms with Crippen molar-refractivity contribution in [3.05, 3.63) is 57.9 Å². The van der Waals surface area contributed by atoms with Crippen molar-refractivity contribution < 1.29 is 18.1 Å². The molecule has 1 heterocycles. The van der Waals surface area contributed by atoms with Gasteiger partial charge in [-0.05, 0) is 17.7 Å². The molecule has 0 amide bonds. The third-order valence-electron chi connectivity index (χ3n) is 2.69. The summed E-state index contributed by atoms with van der Waals surface area (Å²) in [5.41, 5.74) is -1.55. The van der Waals surface area contributed by atoms with E-state index in [2.05, 4.69) is 4.98 Å². The minimum atomic E-state index is -4.51. The molecular formula is C13H6F3N3O2. The fourth-order valence-corrected chi connectivity index (χ4v) is 1.71. The van der Waals surface area contributed by atoms with E-state index in [1.54, 1.807) is 6.07 Å². The van der Waals surface area contributed by atoms with Gasteiger partial charge < -0.3 is 0 Å². The predicted octanol–water partition coefficient (Wildman–Crippen LogP) is 3.55. The number of nitro groups is 1. The Balaban J connectivity index is 2.56. The van der Waals surface area contributed by atoms with E-state index >= 15 is 0 Å². The van der Waals surface area contributed by atoms with E-state index in [0.29, 0.717) is 0 Å². The highest BCUT2D eigenvalue weighted by molar-refractivity contribution is 5.67. The Kier molecular flexibility index (Phi) is 3.58. The predicted molar refractivity (Wildman–Crippen MR) is 66.0 cm³/mol. The molecule has 0 fully saturated rings. The van der Waals surface area contributed by atoms with Crippen LogP contribution in [0.3, 0.4) is 0 Å². The summed E-state index contributed by atoms with van der Waals surface area (Å²) in [5, 5.41) is 19.5. The Bertz CT molecular complexity index is 751. The monoisotopic (exact) mass is 293 g/mol.